The lowest BCUT2D eigenvalue weighted by Gasteiger charge is -2.54. The zero-order valence-electron chi connectivity index (χ0n) is 23.9. The number of rotatable bonds is 12. The molecule has 214 valence electrons. The van der Waals surface area contributed by atoms with Crippen LogP contribution in [0.15, 0.2) is 42.5 Å². The van der Waals surface area contributed by atoms with Crippen LogP contribution in [0.5, 0.6) is 11.5 Å². The zero-order chi connectivity index (χ0) is 27.4. The molecule has 0 aromatic heterocycles. The molecular weight excluding hydrogens is 504 g/mol. The Bertz CT molecular complexity index is 1070. The summed E-state index contributed by atoms with van der Waals surface area (Å²) in [5.74, 6) is 4.85. The molecule has 2 saturated carbocycles. The molecule has 0 heterocycles. The topological polar surface area (TPSA) is 72.8 Å². The number of hydrogen-bond acceptors (Lipinski definition) is 4. The van der Waals surface area contributed by atoms with Crippen LogP contribution in [0.2, 0.25) is 0 Å². The Balaban J connectivity index is 1.21. The van der Waals surface area contributed by atoms with Crippen LogP contribution >= 0.6 is 0 Å². The molecule has 0 spiro atoms. The molecule has 0 amide bonds. The highest BCUT2D eigenvalue weighted by Gasteiger charge is 2.57. The molecule has 2 aromatic carbocycles. The highest BCUT2D eigenvalue weighted by molar-refractivity contribution is 7.91. The van der Waals surface area contributed by atoms with Gasteiger partial charge in [-0.25, -0.2) is 0 Å². The van der Waals surface area contributed by atoms with E-state index in [1.54, 1.807) is 0 Å². The molecule has 7 atom stereocenters. The third-order valence-electron chi connectivity index (χ3n) is 10.2. The minimum atomic E-state index is -0.662. The van der Waals surface area contributed by atoms with Gasteiger partial charge in [0, 0.05) is 0 Å². The van der Waals surface area contributed by atoms with E-state index in [9.17, 15) is 14.8 Å². The van der Waals surface area contributed by atoms with Crippen molar-refractivity contribution in [1.82, 2.24) is 0 Å². The van der Waals surface area contributed by atoms with E-state index in [0.29, 0.717) is 36.0 Å². The highest BCUT2D eigenvalue weighted by atomic mass is 32.2. The molecule has 0 saturated heterocycles. The third kappa shape index (κ3) is 6.31. The average molecular weight is 553 g/mol. The number of ether oxygens (including phenoxy) is 1. The van der Waals surface area contributed by atoms with Gasteiger partial charge in [-0.3, -0.25) is 0 Å². The Kier molecular flexibility index (Phi) is 9.51. The largest absolute Gasteiger partial charge is 0.616 e. The number of phenolic OH excluding ortho intramolecular Hbond substituents is 1. The Labute approximate surface area is 238 Å². The molecule has 2 aromatic rings. The summed E-state index contributed by atoms with van der Waals surface area (Å²) in [6.07, 6.45) is 11.5. The summed E-state index contributed by atoms with van der Waals surface area (Å²) >= 11 is -0.662. The second kappa shape index (κ2) is 12.9. The van der Waals surface area contributed by atoms with Gasteiger partial charge >= 0.3 is 0 Å². The molecular formula is C34H48O4S. The van der Waals surface area contributed by atoms with Gasteiger partial charge in [-0.15, -0.1) is 0 Å². The van der Waals surface area contributed by atoms with Crippen LogP contribution in [0.1, 0.15) is 107 Å². The Morgan fingerprint density at radius 1 is 0.974 bits per heavy atom. The van der Waals surface area contributed by atoms with Gasteiger partial charge in [0.15, 0.2) is 0 Å². The minimum absolute atomic E-state index is 0.0326. The summed E-state index contributed by atoms with van der Waals surface area (Å²) < 4.78 is 18.1. The van der Waals surface area contributed by atoms with Crippen molar-refractivity contribution in [3.05, 3.63) is 59.2 Å². The number of hydrogen-bond donors (Lipinski definition) is 2. The number of aliphatic hydroxyl groups is 1. The second-order valence-corrected chi connectivity index (χ2v) is 14.4. The molecule has 0 bridgehead atoms. The minimum Gasteiger partial charge on any atom is -0.616 e. The number of benzene rings is 2. The van der Waals surface area contributed by atoms with Crippen LogP contribution in [0.25, 0.3) is 0 Å². The lowest BCUT2D eigenvalue weighted by Crippen LogP contribution is -2.47. The Hall–Kier alpha value is -1.69. The van der Waals surface area contributed by atoms with E-state index in [1.165, 1.54) is 29.5 Å². The maximum absolute atomic E-state index is 12.1. The predicted molar refractivity (Wildman–Crippen MR) is 160 cm³/mol. The fraction of sp³-hybridized carbons (Fsp3) is 0.647. The normalized spacial score (nSPS) is 30.3. The molecule has 3 aliphatic rings. The summed E-state index contributed by atoms with van der Waals surface area (Å²) in [4.78, 5) is 0. The molecule has 5 rings (SSSR count). The quantitative estimate of drug-likeness (QED) is 0.211. The van der Waals surface area contributed by atoms with Crippen molar-refractivity contribution < 1.29 is 19.5 Å². The Morgan fingerprint density at radius 3 is 2.51 bits per heavy atom. The SMILES string of the molecule is CCCCC[S+]([O-])CCCCCOc1ccc([C@H]2C[C@]3(C)[C@@H](O)CC[C@H]3[C@@H]3CCc4cc(O)ccc4[C@H]32)cc1. The number of aromatic hydroxyl groups is 1. The van der Waals surface area contributed by atoms with Crippen LogP contribution in [0.4, 0.5) is 0 Å². The lowest BCUT2D eigenvalue weighted by atomic mass is 9.51. The molecule has 2 N–H and O–H groups in total. The van der Waals surface area contributed by atoms with E-state index in [-0.39, 0.29) is 11.5 Å². The maximum Gasteiger partial charge on any atom is 0.119 e. The van der Waals surface area contributed by atoms with Crippen LogP contribution in [0.3, 0.4) is 0 Å². The van der Waals surface area contributed by atoms with Gasteiger partial charge in [-0.05, 0) is 134 Å². The van der Waals surface area contributed by atoms with Crippen LogP contribution in [-0.2, 0) is 17.6 Å². The van der Waals surface area contributed by atoms with Crippen molar-refractivity contribution >= 4 is 11.2 Å². The van der Waals surface area contributed by atoms with Gasteiger partial charge in [-0.2, -0.15) is 0 Å². The fourth-order valence-electron chi connectivity index (χ4n) is 8.15. The number of unbranched alkanes of at least 4 members (excludes halogenated alkanes) is 4. The molecule has 0 radical (unpaired) electrons. The smallest absolute Gasteiger partial charge is 0.119 e. The molecule has 1 unspecified atom stereocenters. The summed E-state index contributed by atoms with van der Waals surface area (Å²) in [7, 11) is 0. The first-order valence-corrected chi connectivity index (χ1v) is 17.0. The number of aliphatic hydroxyl groups excluding tert-OH is 1. The van der Waals surface area contributed by atoms with Crippen molar-refractivity contribution in [2.24, 2.45) is 17.3 Å². The molecule has 2 fully saturated rings. The number of aryl methyl sites for hydroxylation is 1. The summed E-state index contributed by atoms with van der Waals surface area (Å²) in [6, 6.07) is 14.7. The van der Waals surface area contributed by atoms with E-state index in [1.807, 2.05) is 12.1 Å². The number of phenols is 1. The zero-order valence-corrected chi connectivity index (χ0v) is 24.8. The van der Waals surface area contributed by atoms with Gasteiger partial charge in [0.25, 0.3) is 0 Å². The first-order valence-electron chi connectivity index (χ1n) is 15.5. The first kappa shape index (κ1) is 28.8. The summed E-state index contributed by atoms with van der Waals surface area (Å²) in [5.41, 5.74) is 4.01. The van der Waals surface area contributed by atoms with Gasteiger partial charge < -0.3 is 19.5 Å². The molecule has 39 heavy (non-hydrogen) atoms. The summed E-state index contributed by atoms with van der Waals surface area (Å²) in [5, 5.41) is 21.2. The summed E-state index contributed by atoms with van der Waals surface area (Å²) in [6.45, 7) is 5.21. The van der Waals surface area contributed by atoms with E-state index in [4.69, 9.17) is 4.74 Å². The second-order valence-electron chi connectivity index (χ2n) is 12.7. The predicted octanol–water partition coefficient (Wildman–Crippen LogP) is 7.49. The van der Waals surface area contributed by atoms with Crippen molar-refractivity contribution in [2.75, 3.05) is 18.1 Å². The van der Waals surface area contributed by atoms with Gasteiger partial charge in [-0.1, -0.05) is 49.6 Å². The van der Waals surface area contributed by atoms with E-state index in [0.717, 1.165) is 75.0 Å². The van der Waals surface area contributed by atoms with Crippen LogP contribution in [-0.4, -0.2) is 39.0 Å². The molecule has 3 aliphatic carbocycles. The first-order chi connectivity index (χ1) is 18.9. The van der Waals surface area contributed by atoms with Gasteiger partial charge in [0.1, 0.15) is 23.0 Å². The molecule has 4 nitrogen and oxygen atoms in total. The third-order valence-corrected chi connectivity index (χ3v) is 11.7. The number of fused-ring (bicyclic) bond motifs is 5. The highest BCUT2D eigenvalue weighted by Crippen LogP contribution is 2.65. The van der Waals surface area contributed by atoms with E-state index >= 15 is 0 Å². The van der Waals surface area contributed by atoms with Crippen molar-refractivity contribution in [1.29, 1.82) is 0 Å². The van der Waals surface area contributed by atoms with Crippen LogP contribution < -0.4 is 4.74 Å². The van der Waals surface area contributed by atoms with Gasteiger partial charge in [0.05, 0.1) is 12.7 Å². The Morgan fingerprint density at radius 2 is 1.74 bits per heavy atom. The maximum atomic E-state index is 12.1. The van der Waals surface area contributed by atoms with E-state index < -0.39 is 11.2 Å². The van der Waals surface area contributed by atoms with Crippen LogP contribution in [0, 0.1) is 17.3 Å². The van der Waals surface area contributed by atoms with Crippen molar-refractivity contribution in [3.8, 4) is 11.5 Å². The molecule has 0 aliphatic heterocycles. The standard InChI is InChI=1S/C34H48O4S/c1-3-4-7-20-39(37)21-8-5-6-19-38-27-13-9-24(10-14-27)30-23-34(2)31(17-18-32(34)36)29-15-11-25-22-26(35)12-16-28(25)33(29)30/h9-10,12-14,16,22,29-33,35-36H,3-8,11,15,17-21,23H2,1-2H3/t29-,30+,31-,32-,33+,34-,39?/m0/s1. The van der Waals surface area contributed by atoms with Gasteiger partial charge in [0.2, 0.25) is 0 Å². The average Bonchev–Trinajstić information content (AvgIpc) is 3.24. The molecule has 5 heteroatoms. The monoisotopic (exact) mass is 552 g/mol. The van der Waals surface area contributed by atoms with Crippen molar-refractivity contribution in [2.45, 2.75) is 102 Å². The van der Waals surface area contributed by atoms with E-state index in [2.05, 4.69) is 44.2 Å². The lowest BCUT2D eigenvalue weighted by molar-refractivity contribution is -0.0323. The fourth-order valence-corrected chi connectivity index (χ4v) is 9.41. The van der Waals surface area contributed by atoms with Crippen molar-refractivity contribution in [3.63, 3.8) is 0 Å².